The number of ether oxygens (including phenoxy) is 2. The molecule has 2 heterocycles. The SMILES string of the molecule is N#CC(C(=O)c1sccc1Cl)c1ccc2c(c1)OCO2. The third-order valence-electron chi connectivity index (χ3n) is 2.96. The summed E-state index contributed by atoms with van der Waals surface area (Å²) in [5.74, 6) is -0.0353. The smallest absolute Gasteiger partial charge is 0.231 e. The maximum absolute atomic E-state index is 12.4. The Morgan fingerprint density at radius 1 is 1.35 bits per heavy atom. The Morgan fingerprint density at radius 2 is 2.15 bits per heavy atom. The van der Waals surface area contributed by atoms with E-state index in [4.69, 9.17) is 21.1 Å². The van der Waals surface area contributed by atoms with E-state index in [1.54, 1.807) is 29.6 Å². The number of carbonyl (C=O) groups is 1. The molecule has 0 radical (unpaired) electrons. The summed E-state index contributed by atoms with van der Waals surface area (Å²) in [6.07, 6.45) is 0. The number of halogens is 1. The first-order valence-corrected chi connectivity index (χ1v) is 7.03. The lowest BCUT2D eigenvalue weighted by Crippen LogP contribution is -2.10. The average molecular weight is 306 g/mol. The third-order valence-corrected chi connectivity index (χ3v) is 4.32. The average Bonchev–Trinajstić information content (AvgIpc) is 3.07. The van der Waals surface area contributed by atoms with Crippen molar-refractivity contribution in [3.8, 4) is 17.6 Å². The fourth-order valence-corrected chi connectivity index (χ4v) is 3.10. The number of hydrogen-bond acceptors (Lipinski definition) is 5. The standard InChI is InChI=1S/C14H8ClNO3S/c15-10-3-4-20-14(10)13(17)9(6-16)8-1-2-11-12(5-8)19-7-18-11/h1-5,9H,7H2. The van der Waals surface area contributed by atoms with E-state index < -0.39 is 5.92 Å². The highest BCUT2D eigenvalue weighted by Crippen LogP contribution is 2.36. The van der Waals surface area contributed by atoms with Gasteiger partial charge in [0.05, 0.1) is 16.0 Å². The van der Waals surface area contributed by atoms with Crippen LogP contribution in [-0.2, 0) is 0 Å². The van der Waals surface area contributed by atoms with Crippen LogP contribution in [0, 0.1) is 11.3 Å². The lowest BCUT2D eigenvalue weighted by Gasteiger charge is -2.08. The summed E-state index contributed by atoms with van der Waals surface area (Å²) < 4.78 is 10.5. The monoisotopic (exact) mass is 305 g/mol. The molecule has 2 aromatic rings. The van der Waals surface area contributed by atoms with Crippen LogP contribution >= 0.6 is 22.9 Å². The minimum Gasteiger partial charge on any atom is -0.454 e. The molecule has 4 nitrogen and oxygen atoms in total. The van der Waals surface area contributed by atoms with Gasteiger partial charge in [0, 0.05) is 0 Å². The Labute approximate surface area is 124 Å². The number of benzene rings is 1. The molecule has 1 aliphatic heterocycles. The number of ketones is 1. The molecule has 6 heteroatoms. The van der Waals surface area contributed by atoms with Gasteiger partial charge in [0.1, 0.15) is 5.92 Å². The Bertz CT molecular complexity index is 719. The minimum atomic E-state index is -0.902. The predicted octanol–water partition coefficient (Wildman–Crippen LogP) is 3.62. The lowest BCUT2D eigenvalue weighted by atomic mass is 9.95. The van der Waals surface area contributed by atoms with E-state index in [1.807, 2.05) is 6.07 Å². The van der Waals surface area contributed by atoms with E-state index in [0.29, 0.717) is 27.0 Å². The molecule has 1 aromatic carbocycles. The summed E-state index contributed by atoms with van der Waals surface area (Å²) in [4.78, 5) is 12.8. The van der Waals surface area contributed by atoms with Gasteiger partial charge < -0.3 is 9.47 Å². The zero-order chi connectivity index (χ0) is 14.1. The van der Waals surface area contributed by atoms with Gasteiger partial charge in [0.2, 0.25) is 6.79 Å². The van der Waals surface area contributed by atoms with E-state index >= 15 is 0 Å². The first kappa shape index (κ1) is 13.0. The summed E-state index contributed by atoms with van der Waals surface area (Å²) in [5, 5.41) is 11.4. The van der Waals surface area contributed by atoms with E-state index in [2.05, 4.69) is 0 Å². The normalized spacial score (nSPS) is 13.8. The summed E-state index contributed by atoms with van der Waals surface area (Å²) in [6.45, 7) is 0.153. The van der Waals surface area contributed by atoms with Crippen molar-refractivity contribution in [1.82, 2.24) is 0 Å². The quantitative estimate of drug-likeness (QED) is 0.813. The summed E-state index contributed by atoms with van der Waals surface area (Å²) in [6, 6.07) is 8.73. The summed E-state index contributed by atoms with van der Waals surface area (Å²) in [5.41, 5.74) is 0.575. The van der Waals surface area contributed by atoms with Gasteiger partial charge >= 0.3 is 0 Å². The molecule has 20 heavy (non-hydrogen) atoms. The molecular weight excluding hydrogens is 298 g/mol. The number of rotatable bonds is 3. The number of nitrogens with zero attached hydrogens (tertiary/aromatic N) is 1. The molecule has 100 valence electrons. The van der Waals surface area contributed by atoms with Gasteiger partial charge in [0.15, 0.2) is 17.3 Å². The predicted molar refractivity (Wildman–Crippen MR) is 74.6 cm³/mol. The summed E-state index contributed by atoms with van der Waals surface area (Å²) in [7, 11) is 0. The van der Waals surface area contributed by atoms with Crippen LogP contribution in [0.1, 0.15) is 21.2 Å². The van der Waals surface area contributed by atoms with E-state index in [0.717, 1.165) is 0 Å². The molecule has 0 N–H and O–H groups in total. The molecule has 1 unspecified atom stereocenters. The number of thiophene rings is 1. The highest BCUT2D eigenvalue weighted by Gasteiger charge is 2.26. The van der Waals surface area contributed by atoms with Crippen LogP contribution in [0.4, 0.5) is 0 Å². The first-order valence-electron chi connectivity index (χ1n) is 5.77. The van der Waals surface area contributed by atoms with Crippen molar-refractivity contribution in [2.75, 3.05) is 6.79 Å². The molecule has 0 saturated heterocycles. The van der Waals surface area contributed by atoms with Gasteiger partial charge in [-0.1, -0.05) is 17.7 Å². The molecule has 0 fully saturated rings. The number of carbonyl (C=O) groups excluding carboxylic acids is 1. The van der Waals surface area contributed by atoms with Gasteiger partial charge in [-0.2, -0.15) is 5.26 Å². The van der Waals surface area contributed by atoms with Crippen LogP contribution in [0.2, 0.25) is 5.02 Å². The Balaban J connectivity index is 1.97. The number of nitriles is 1. The van der Waals surface area contributed by atoms with Crippen molar-refractivity contribution in [2.45, 2.75) is 5.92 Å². The third kappa shape index (κ3) is 2.13. The van der Waals surface area contributed by atoms with Crippen molar-refractivity contribution in [1.29, 1.82) is 5.26 Å². The zero-order valence-electron chi connectivity index (χ0n) is 10.1. The van der Waals surface area contributed by atoms with Crippen molar-refractivity contribution in [3.63, 3.8) is 0 Å². The molecule has 0 amide bonds. The number of fused-ring (bicyclic) bond motifs is 1. The Hall–Kier alpha value is -2.03. The fourth-order valence-electron chi connectivity index (χ4n) is 1.98. The highest BCUT2D eigenvalue weighted by atomic mass is 35.5. The second-order valence-corrected chi connectivity index (χ2v) is 5.46. The largest absolute Gasteiger partial charge is 0.454 e. The van der Waals surface area contributed by atoms with Crippen LogP contribution in [0.5, 0.6) is 11.5 Å². The van der Waals surface area contributed by atoms with Crippen molar-refractivity contribution in [3.05, 3.63) is 45.1 Å². The molecule has 1 aromatic heterocycles. The Kier molecular flexibility index (Phi) is 3.35. The minimum absolute atomic E-state index is 0.153. The van der Waals surface area contributed by atoms with Gasteiger partial charge in [-0.15, -0.1) is 11.3 Å². The molecule has 1 atom stereocenters. The van der Waals surface area contributed by atoms with Gasteiger partial charge in [-0.25, -0.2) is 0 Å². The molecule has 0 aliphatic carbocycles. The maximum atomic E-state index is 12.4. The second-order valence-electron chi connectivity index (χ2n) is 4.14. The fraction of sp³-hybridized carbons (Fsp3) is 0.143. The van der Waals surface area contributed by atoms with Crippen LogP contribution in [0.15, 0.2) is 29.6 Å². The molecule has 3 rings (SSSR count). The Morgan fingerprint density at radius 3 is 2.85 bits per heavy atom. The topological polar surface area (TPSA) is 59.3 Å². The van der Waals surface area contributed by atoms with Crippen LogP contribution in [0.3, 0.4) is 0 Å². The maximum Gasteiger partial charge on any atom is 0.231 e. The van der Waals surface area contributed by atoms with Gasteiger partial charge in [-0.05, 0) is 29.1 Å². The number of hydrogen-bond donors (Lipinski definition) is 0. The zero-order valence-corrected chi connectivity index (χ0v) is 11.7. The lowest BCUT2D eigenvalue weighted by molar-refractivity contribution is 0.0983. The van der Waals surface area contributed by atoms with E-state index in [1.165, 1.54) is 11.3 Å². The van der Waals surface area contributed by atoms with E-state index in [9.17, 15) is 10.1 Å². The van der Waals surface area contributed by atoms with Crippen LogP contribution < -0.4 is 9.47 Å². The van der Waals surface area contributed by atoms with E-state index in [-0.39, 0.29) is 12.6 Å². The van der Waals surface area contributed by atoms with Crippen molar-refractivity contribution in [2.24, 2.45) is 0 Å². The molecule has 1 aliphatic rings. The van der Waals surface area contributed by atoms with Crippen LogP contribution in [-0.4, -0.2) is 12.6 Å². The second kappa shape index (κ2) is 5.16. The van der Waals surface area contributed by atoms with Crippen LogP contribution in [0.25, 0.3) is 0 Å². The molecule has 0 spiro atoms. The van der Waals surface area contributed by atoms with Crippen molar-refractivity contribution >= 4 is 28.7 Å². The molecular formula is C14H8ClNO3S. The van der Waals surface area contributed by atoms with Crippen molar-refractivity contribution < 1.29 is 14.3 Å². The highest BCUT2D eigenvalue weighted by molar-refractivity contribution is 7.12. The van der Waals surface area contributed by atoms with Gasteiger partial charge in [0.25, 0.3) is 0 Å². The first-order chi connectivity index (χ1) is 9.70. The number of Topliss-reactive ketones (excluding diaryl/α,β-unsaturated/α-hetero) is 1. The molecule has 0 bridgehead atoms. The molecule has 0 saturated carbocycles. The van der Waals surface area contributed by atoms with Gasteiger partial charge in [-0.3, -0.25) is 4.79 Å². The summed E-state index contributed by atoms with van der Waals surface area (Å²) >= 11 is 7.19.